The van der Waals surface area contributed by atoms with Crippen molar-refractivity contribution in [3.63, 3.8) is 0 Å². The van der Waals surface area contributed by atoms with E-state index in [1.165, 1.54) is 0 Å². The SMILES string of the molecule is CNC(C)(CCCCOCCCOC)C(N)=O. The Bertz CT molecular complexity index is 212. The second-order valence-corrected chi connectivity index (χ2v) is 4.36. The lowest BCUT2D eigenvalue weighted by Crippen LogP contribution is -2.51. The van der Waals surface area contributed by atoms with Gasteiger partial charge in [-0.25, -0.2) is 0 Å². The second kappa shape index (κ2) is 9.39. The molecule has 0 aliphatic heterocycles. The molecule has 0 rings (SSSR count). The van der Waals surface area contributed by atoms with Crippen molar-refractivity contribution < 1.29 is 14.3 Å². The van der Waals surface area contributed by atoms with Gasteiger partial charge in [0.1, 0.15) is 0 Å². The molecule has 0 radical (unpaired) electrons. The van der Waals surface area contributed by atoms with Gasteiger partial charge >= 0.3 is 0 Å². The highest BCUT2D eigenvalue weighted by Crippen LogP contribution is 2.12. The average Bonchev–Trinajstić information content (AvgIpc) is 2.32. The van der Waals surface area contributed by atoms with E-state index >= 15 is 0 Å². The van der Waals surface area contributed by atoms with Gasteiger partial charge in [-0.3, -0.25) is 4.79 Å². The number of rotatable bonds is 11. The first-order valence-corrected chi connectivity index (χ1v) is 6.12. The lowest BCUT2D eigenvalue weighted by molar-refractivity contribution is -0.123. The number of amides is 1. The summed E-state index contributed by atoms with van der Waals surface area (Å²) in [5.41, 5.74) is 4.73. The molecule has 0 aromatic heterocycles. The van der Waals surface area contributed by atoms with Gasteiger partial charge in [0.25, 0.3) is 0 Å². The van der Waals surface area contributed by atoms with Crippen LogP contribution in [-0.2, 0) is 14.3 Å². The van der Waals surface area contributed by atoms with Crippen molar-refractivity contribution in [2.75, 3.05) is 34.0 Å². The highest BCUT2D eigenvalue weighted by atomic mass is 16.5. The van der Waals surface area contributed by atoms with Crippen LogP contribution in [0.4, 0.5) is 0 Å². The van der Waals surface area contributed by atoms with Crippen LogP contribution in [-0.4, -0.2) is 45.4 Å². The molecule has 17 heavy (non-hydrogen) atoms. The molecule has 1 atom stereocenters. The molecule has 0 bridgehead atoms. The predicted octanol–water partition coefficient (Wildman–Crippen LogP) is 0.673. The third-order valence-electron chi connectivity index (χ3n) is 2.95. The maximum atomic E-state index is 11.2. The lowest BCUT2D eigenvalue weighted by Gasteiger charge is -2.25. The van der Waals surface area contributed by atoms with Gasteiger partial charge in [0, 0.05) is 26.9 Å². The zero-order chi connectivity index (χ0) is 13.1. The van der Waals surface area contributed by atoms with Crippen LogP contribution in [0, 0.1) is 0 Å². The molecule has 0 saturated carbocycles. The molecule has 1 amide bonds. The van der Waals surface area contributed by atoms with Gasteiger partial charge in [0.2, 0.25) is 5.91 Å². The topological polar surface area (TPSA) is 73.6 Å². The van der Waals surface area contributed by atoms with Crippen LogP contribution >= 0.6 is 0 Å². The molecular formula is C12H26N2O3. The molecule has 0 aliphatic carbocycles. The Morgan fingerprint density at radius 2 is 1.88 bits per heavy atom. The summed E-state index contributed by atoms with van der Waals surface area (Å²) in [6.45, 7) is 4.02. The minimum atomic E-state index is -0.601. The Kier molecular flexibility index (Phi) is 9.03. The fourth-order valence-electron chi connectivity index (χ4n) is 1.46. The first-order valence-electron chi connectivity index (χ1n) is 6.12. The van der Waals surface area contributed by atoms with E-state index in [0.717, 1.165) is 45.5 Å². The summed E-state index contributed by atoms with van der Waals surface area (Å²) in [6, 6.07) is 0. The van der Waals surface area contributed by atoms with Crippen molar-refractivity contribution in [1.29, 1.82) is 0 Å². The van der Waals surface area contributed by atoms with Gasteiger partial charge in [0.15, 0.2) is 0 Å². The van der Waals surface area contributed by atoms with E-state index in [2.05, 4.69) is 5.32 Å². The largest absolute Gasteiger partial charge is 0.385 e. The van der Waals surface area contributed by atoms with Crippen molar-refractivity contribution in [2.24, 2.45) is 5.73 Å². The standard InChI is InChI=1S/C12H26N2O3/c1-12(14-2,11(13)15)7-4-5-9-17-10-6-8-16-3/h14H,4-10H2,1-3H3,(H2,13,15). The van der Waals surface area contributed by atoms with Gasteiger partial charge in [-0.05, 0) is 39.7 Å². The maximum Gasteiger partial charge on any atom is 0.237 e. The van der Waals surface area contributed by atoms with E-state index in [0.29, 0.717) is 0 Å². The van der Waals surface area contributed by atoms with Crippen LogP contribution < -0.4 is 11.1 Å². The van der Waals surface area contributed by atoms with Crippen LogP contribution in [0.3, 0.4) is 0 Å². The van der Waals surface area contributed by atoms with Crippen LogP contribution in [0.15, 0.2) is 0 Å². The highest BCUT2D eigenvalue weighted by Gasteiger charge is 2.27. The zero-order valence-electron chi connectivity index (χ0n) is 11.3. The average molecular weight is 246 g/mol. The Hall–Kier alpha value is -0.650. The smallest absolute Gasteiger partial charge is 0.237 e. The lowest BCUT2D eigenvalue weighted by atomic mass is 9.94. The van der Waals surface area contributed by atoms with E-state index in [1.807, 2.05) is 6.92 Å². The van der Waals surface area contributed by atoms with E-state index < -0.39 is 5.54 Å². The molecule has 5 nitrogen and oxygen atoms in total. The number of primary amides is 1. The minimum Gasteiger partial charge on any atom is -0.385 e. The van der Waals surface area contributed by atoms with Crippen molar-refractivity contribution in [1.82, 2.24) is 5.32 Å². The Morgan fingerprint density at radius 1 is 1.24 bits per heavy atom. The van der Waals surface area contributed by atoms with Gasteiger partial charge in [-0.1, -0.05) is 0 Å². The van der Waals surface area contributed by atoms with Crippen LogP contribution in [0.2, 0.25) is 0 Å². The third-order valence-corrected chi connectivity index (χ3v) is 2.95. The van der Waals surface area contributed by atoms with Gasteiger partial charge < -0.3 is 20.5 Å². The Morgan fingerprint density at radius 3 is 2.41 bits per heavy atom. The first kappa shape index (κ1) is 16.4. The molecule has 0 heterocycles. The van der Waals surface area contributed by atoms with Gasteiger partial charge in [0.05, 0.1) is 5.54 Å². The molecule has 0 saturated heterocycles. The van der Waals surface area contributed by atoms with Gasteiger partial charge in [-0.15, -0.1) is 0 Å². The number of nitrogens with one attached hydrogen (secondary N) is 1. The summed E-state index contributed by atoms with van der Waals surface area (Å²) >= 11 is 0. The van der Waals surface area contributed by atoms with Crippen LogP contribution in [0.5, 0.6) is 0 Å². The predicted molar refractivity (Wildman–Crippen MR) is 67.8 cm³/mol. The molecule has 0 spiro atoms. The molecule has 1 unspecified atom stereocenters. The molecule has 0 fully saturated rings. The van der Waals surface area contributed by atoms with Crippen LogP contribution in [0.25, 0.3) is 0 Å². The minimum absolute atomic E-state index is 0.305. The molecule has 102 valence electrons. The molecule has 0 aliphatic rings. The summed E-state index contributed by atoms with van der Waals surface area (Å²) in [5.74, 6) is -0.305. The van der Waals surface area contributed by atoms with Crippen LogP contribution in [0.1, 0.15) is 32.6 Å². The molecule has 0 aromatic rings. The quantitative estimate of drug-likeness (QED) is 0.526. The number of carbonyl (C=O) groups is 1. The van der Waals surface area contributed by atoms with E-state index in [1.54, 1.807) is 14.2 Å². The van der Waals surface area contributed by atoms with Crippen molar-refractivity contribution in [2.45, 2.75) is 38.1 Å². The number of unbranched alkanes of at least 4 members (excludes halogenated alkanes) is 1. The van der Waals surface area contributed by atoms with Crippen molar-refractivity contribution >= 4 is 5.91 Å². The number of methoxy groups -OCH3 is 1. The summed E-state index contributed by atoms with van der Waals surface area (Å²) in [7, 11) is 3.44. The summed E-state index contributed by atoms with van der Waals surface area (Å²) < 4.78 is 10.3. The third kappa shape index (κ3) is 7.31. The molecule has 5 heteroatoms. The number of carbonyl (C=O) groups excluding carboxylic acids is 1. The van der Waals surface area contributed by atoms with Crippen molar-refractivity contribution in [3.05, 3.63) is 0 Å². The maximum absolute atomic E-state index is 11.2. The summed E-state index contributed by atoms with van der Waals surface area (Å²) in [6.07, 6.45) is 3.52. The molecule has 3 N–H and O–H groups in total. The summed E-state index contributed by atoms with van der Waals surface area (Å²) in [4.78, 5) is 11.2. The molecular weight excluding hydrogens is 220 g/mol. The number of ether oxygens (including phenoxy) is 2. The van der Waals surface area contributed by atoms with E-state index in [-0.39, 0.29) is 5.91 Å². The fourth-order valence-corrected chi connectivity index (χ4v) is 1.46. The second-order valence-electron chi connectivity index (χ2n) is 4.36. The fraction of sp³-hybridized carbons (Fsp3) is 0.917. The number of hydrogen-bond acceptors (Lipinski definition) is 4. The van der Waals surface area contributed by atoms with E-state index in [4.69, 9.17) is 15.2 Å². The normalized spacial score (nSPS) is 14.5. The number of hydrogen-bond donors (Lipinski definition) is 2. The first-order chi connectivity index (χ1) is 8.06. The van der Waals surface area contributed by atoms with Crippen molar-refractivity contribution in [3.8, 4) is 0 Å². The molecule has 0 aromatic carbocycles. The number of nitrogens with two attached hydrogens (primary N) is 1. The Labute approximate surface area is 104 Å². The Balaban J connectivity index is 3.47. The van der Waals surface area contributed by atoms with Gasteiger partial charge in [-0.2, -0.15) is 0 Å². The monoisotopic (exact) mass is 246 g/mol. The highest BCUT2D eigenvalue weighted by molar-refractivity contribution is 5.84. The zero-order valence-corrected chi connectivity index (χ0v) is 11.3. The van der Waals surface area contributed by atoms with E-state index in [9.17, 15) is 4.79 Å². The number of likely N-dealkylation sites (N-methyl/N-ethyl adjacent to an activating group) is 1. The summed E-state index contributed by atoms with van der Waals surface area (Å²) in [5, 5.41) is 2.96.